The minimum Gasteiger partial charge on any atom is -0.486 e. The maximum absolute atomic E-state index is 12.5. The Hall–Kier alpha value is -2.86. The first kappa shape index (κ1) is 17.9. The molecule has 2 aromatic carbocycles. The van der Waals surface area contributed by atoms with Crippen molar-refractivity contribution in [1.29, 1.82) is 0 Å². The van der Waals surface area contributed by atoms with Gasteiger partial charge in [0.05, 0.1) is 5.71 Å². The summed E-state index contributed by atoms with van der Waals surface area (Å²) in [4.78, 5) is 12.5. The number of hydrazone groups is 1. The first-order valence-corrected chi connectivity index (χ1v) is 8.57. The molecule has 0 bridgehead atoms. The fraction of sp³-hybridized carbons (Fsp3) is 0.300. The molecule has 26 heavy (non-hydrogen) atoms. The number of nitrogens with one attached hydrogen (secondary N) is 1. The molecule has 0 aliphatic carbocycles. The van der Waals surface area contributed by atoms with Crippen molar-refractivity contribution in [2.45, 2.75) is 19.4 Å². The molecule has 1 amide bonds. The number of carbonyl (C=O) groups excluding carboxylic acids is 1. The van der Waals surface area contributed by atoms with Gasteiger partial charge < -0.3 is 14.2 Å². The van der Waals surface area contributed by atoms with Crippen LogP contribution >= 0.6 is 0 Å². The number of benzene rings is 2. The Kier molecular flexibility index (Phi) is 5.86. The summed E-state index contributed by atoms with van der Waals surface area (Å²) in [5, 5.41) is 4.30. The second-order valence-corrected chi connectivity index (χ2v) is 5.77. The minimum absolute atomic E-state index is 0.317. The molecule has 1 heterocycles. The number of amides is 1. The van der Waals surface area contributed by atoms with E-state index in [2.05, 4.69) is 10.5 Å². The van der Waals surface area contributed by atoms with Gasteiger partial charge in [-0.3, -0.25) is 4.79 Å². The molecule has 0 spiro atoms. The summed E-state index contributed by atoms with van der Waals surface area (Å²) in [6.45, 7) is 3.06. The lowest BCUT2D eigenvalue weighted by Gasteiger charge is -2.19. The molecule has 0 fully saturated rings. The summed E-state index contributed by atoms with van der Waals surface area (Å²) >= 11 is 0. The number of hydrogen-bond acceptors (Lipinski definition) is 5. The molecule has 0 saturated carbocycles. The predicted octanol–water partition coefficient (Wildman–Crippen LogP) is 3.08. The van der Waals surface area contributed by atoms with Crippen LogP contribution < -0.4 is 14.9 Å². The summed E-state index contributed by atoms with van der Waals surface area (Å²) < 4.78 is 16.5. The van der Waals surface area contributed by atoms with E-state index in [0.29, 0.717) is 25.4 Å². The smallest absolute Gasteiger partial charge is 0.273 e. The van der Waals surface area contributed by atoms with Crippen molar-refractivity contribution in [3.05, 3.63) is 59.7 Å². The Labute approximate surface area is 152 Å². The zero-order valence-electron chi connectivity index (χ0n) is 14.9. The first-order chi connectivity index (χ1) is 12.7. The first-order valence-electron chi connectivity index (χ1n) is 8.57. The lowest BCUT2D eigenvalue weighted by Crippen LogP contribution is -2.27. The van der Waals surface area contributed by atoms with Crippen molar-refractivity contribution in [3.8, 4) is 11.5 Å². The average Bonchev–Trinajstić information content (AvgIpc) is 2.70. The Balaban J connectivity index is 1.75. The Morgan fingerprint density at radius 1 is 1.15 bits per heavy atom. The second kappa shape index (κ2) is 8.49. The number of methoxy groups -OCH3 is 1. The van der Waals surface area contributed by atoms with Crippen LogP contribution in [-0.2, 0) is 9.53 Å². The van der Waals surface area contributed by atoms with E-state index in [1.54, 1.807) is 0 Å². The van der Waals surface area contributed by atoms with Gasteiger partial charge in [0.1, 0.15) is 13.2 Å². The molecule has 0 radical (unpaired) electrons. The van der Waals surface area contributed by atoms with Gasteiger partial charge in [0.25, 0.3) is 5.91 Å². The van der Waals surface area contributed by atoms with Crippen LogP contribution in [0.15, 0.2) is 53.6 Å². The summed E-state index contributed by atoms with van der Waals surface area (Å²) in [5.74, 6) is 1.10. The number of fused-ring (bicyclic) bond motifs is 1. The fourth-order valence-electron chi connectivity index (χ4n) is 2.77. The SMILES string of the molecule is CC/C(=N/NC(=O)[C@H](OC)c1ccccc1)c1ccc2c(c1)OCCO2. The molecule has 2 aromatic rings. The minimum atomic E-state index is -0.710. The fourth-order valence-corrected chi connectivity index (χ4v) is 2.77. The highest BCUT2D eigenvalue weighted by Crippen LogP contribution is 2.31. The van der Waals surface area contributed by atoms with Crippen LogP contribution in [0.25, 0.3) is 0 Å². The molecule has 6 nitrogen and oxygen atoms in total. The van der Waals surface area contributed by atoms with Crippen LogP contribution in [0, 0.1) is 0 Å². The molecule has 1 aliphatic rings. The highest BCUT2D eigenvalue weighted by molar-refractivity contribution is 6.01. The van der Waals surface area contributed by atoms with Crippen LogP contribution in [0.1, 0.15) is 30.6 Å². The van der Waals surface area contributed by atoms with E-state index in [9.17, 15) is 4.79 Å². The van der Waals surface area contributed by atoms with Crippen LogP contribution in [-0.4, -0.2) is 31.9 Å². The van der Waals surface area contributed by atoms with Crippen molar-refractivity contribution in [1.82, 2.24) is 5.43 Å². The summed E-state index contributed by atoms with van der Waals surface area (Å²) in [6, 6.07) is 15.0. The van der Waals surface area contributed by atoms with Crippen molar-refractivity contribution >= 4 is 11.6 Å². The quantitative estimate of drug-likeness (QED) is 0.639. The molecule has 0 saturated heterocycles. The van der Waals surface area contributed by atoms with Crippen LogP contribution in [0.5, 0.6) is 11.5 Å². The van der Waals surface area contributed by atoms with Gasteiger partial charge >= 0.3 is 0 Å². The number of nitrogens with zero attached hydrogens (tertiary/aromatic N) is 1. The van der Waals surface area contributed by atoms with Crippen molar-refractivity contribution in [2.75, 3.05) is 20.3 Å². The lowest BCUT2D eigenvalue weighted by molar-refractivity contribution is -0.131. The van der Waals surface area contributed by atoms with Gasteiger partial charge in [-0.1, -0.05) is 37.3 Å². The standard InChI is InChI=1S/C20H22N2O4/c1-3-16(15-9-10-17-18(13-15)26-12-11-25-17)21-22-20(23)19(24-2)14-7-5-4-6-8-14/h4-10,13,19H,3,11-12H2,1-2H3,(H,22,23)/b21-16-/t19-/m1/s1. The summed E-state index contributed by atoms with van der Waals surface area (Å²) in [5.41, 5.74) is 5.02. The van der Waals surface area contributed by atoms with Gasteiger partial charge in [-0.2, -0.15) is 5.10 Å². The van der Waals surface area contributed by atoms with Crippen molar-refractivity contribution < 1.29 is 19.0 Å². The number of carbonyl (C=O) groups is 1. The van der Waals surface area contributed by atoms with E-state index >= 15 is 0 Å². The number of rotatable bonds is 6. The average molecular weight is 354 g/mol. The van der Waals surface area contributed by atoms with E-state index in [0.717, 1.165) is 22.6 Å². The zero-order valence-corrected chi connectivity index (χ0v) is 14.9. The molecule has 6 heteroatoms. The molecule has 1 N–H and O–H groups in total. The molecule has 136 valence electrons. The normalized spacial score (nSPS) is 14.6. The van der Waals surface area contributed by atoms with E-state index in [1.807, 2.05) is 55.5 Å². The molecule has 0 unspecified atom stereocenters. The van der Waals surface area contributed by atoms with Crippen LogP contribution in [0.2, 0.25) is 0 Å². The zero-order chi connectivity index (χ0) is 18.4. The van der Waals surface area contributed by atoms with Gasteiger partial charge in [-0.05, 0) is 30.2 Å². The van der Waals surface area contributed by atoms with E-state index in [1.165, 1.54) is 7.11 Å². The maximum atomic E-state index is 12.5. The van der Waals surface area contributed by atoms with Gasteiger partial charge in [0.15, 0.2) is 17.6 Å². The largest absolute Gasteiger partial charge is 0.486 e. The molecule has 1 aliphatic heterocycles. The van der Waals surface area contributed by atoms with Crippen LogP contribution in [0.4, 0.5) is 0 Å². The van der Waals surface area contributed by atoms with Gasteiger partial charge in [0.2, 0.25) is 0 Å². The Morgan fingerprint density at radius 2 is 1.88 bits per heavy atom. The monoisotopic (exact) mass is 354 g/mol. The van der Waals surface area contributed by atoms with E-state index in [4.69, 9.17) is 14.2 Å². The summed E-state index contributed by atoms with van der Waals surface area (Å²) in [6.07, 6.45) is -0.0542. The molecule has 1 atom stereocenters. The van der Waals surface area contributed by atoms with E-state index in [-0.39, 0.29) is 5.91 Å². The summed E-state index contributed by atoms with van der Waals surface area (Å²) in [7, 11) is 1.50. The van der Waals surface area contributed by atoms with Crippen molar-refractivity contribution in [2.24, 2.45) is 5.10 Å². The van der Waals surface area contributed by atoms with E-state index < -0.39 is 6.10 Å². The highest BCUT2D eigenvalue weighted by Gasteiger charge is 2.20. The second-order valence-electron chi connectivity index (χ2n) is 5.77. The lowest BCUT2D eigenvalue weighted by atomic mass is 10.1. The Bertz CT molecular complexity index is 790. The molecule has 0 aromatic heterocycles. The maximum Gasteiger partial charge on any atom is 0.273 e. The predicted molar refractivity (Wildman–Crippen MR) is 98.6 cm³/mol. The highest BCUT2D eigenvalue weighted by atomic mass is 16.6. The molecule has 3 rings (SSSR count). The topological polar surface area (TPSA) is 69.2 Å². The number of hydrogen-bond donors (Lipinski definition) is 1. The third-order valence-electron chi connectivity index (χ3n) is 4.09. The van der Waals surface area contributed by atoms with Gasteiger partial charge in [-0.25, -0.2) is 5.43 Å². The third kappa shape index (κ3) is 4.03. The van der Waals surface area contributed by atoms with Crippen molar-refractivity contribution in [3.63, 3.8) is 0 Å². The van der Waals surface area contributed by atoms with Gasteiger partial charge in [-0.15, -0.1) is 0 Å². The molecular formula is C20H22N2O4. The number of ether oxygens (including phenoxy) is 3. The third-order valence-corrected chi connectivity index (χ3v) is 4.09. The van der Waals surface area contributed by atoms with Crippen LogP contribution in [0.3, 0.4) is 0 Å². The molecular weight excluding hydrogens is 332 g/mol. The Morgan fingerprint density at radius 3 is 2.58 bits per heavy atom. The van der Waals surface area contributed by atoms with Gasteiger partial charge in [0, 0.05) is 12.7 Å².